The van der Waals surface area contributed by atoms with Crippen molar-refractivity contribution < 1.29 is 41.0 Å². The lowest BCUT2D eigenvalue weighted by Crippen LogP contribution is -2.40. The van der Waals surface area contributed by atoms with E-state index in [2.05, 4.69) is 0 Å². The summed E-state index contributed by atoms with van der Waals surface area (Å²) in [5.41, 5.74) is -0.934. The fourth-order valence-electron chi connectivity index (χ4n) is 1.89. The minimum absolute atomic E-state index is 0.00816. The zero-order valence-corrected chi connectivity index (χ0v) is 12.2. The van der Waals surface area contributed by atoms with E-state index in [4.69, 9.17) is 9.84 Å². The Morgan fingerprint density at radius 1 is 0.960 bits per heavy atom. The normalized spacial score (nSPS) is 13.4. The van der Waals surface area contributed by atoms with Crippen LogP contribution in [0.5, 0.6) is 11.5 Å². The Labute approximate surface area is 137 Å². The third-order valence-electron chi connectivity index (χ3n) is 3.19. The third-order valence-corrected chi connectivity index (χ3v) is 3.19. The van der Waals surface area contributed by atoms with Crippen LogP contribution in [-0.2, 0) is 0 Å². The van der Waals surface area contributed by atoms with Crippen molar-refractivity contribution >= 4 is 5.97 Å². The van der Waals surface area contributed by atoms with Crippen LogP contribution in [0.3, 0.4) is 0 Å². The maximum absolute atomic E-state index is 13.5. The molecule has 1 N–H and O–H groups in total. The first kappa shape index (κ1) is 18.6. The van der Waals surface area contributed by atoms with Crippen LogP contribution < -0.4 is 4.74 Å². The number of rotatable bonds is 5. The summed E-state index contributed by atoms with van der Waals surface area (Å²) in [6.45, 7) is 0. The lowest BCUT2D eigenvalue weighted by Gasteiger charge is -2.23. The number of carbonyl (C=O) groups is 1. The van der Waals surface area contributed by atoms with Crippen molar-refractivity contribution in [3.8, 4) is 11.5 Å². The SMILES string of the molecule is O=C(O)c1cccc(Oc2ccc(C(F)C(F)(F)C(F)(F)F)cc2)c1. The average Bonchev–Trinajstić information content (AvgIpc) is 2.54. The molecule has 0 spiro atoms. The molecule has 0 radical (unpaired) electrons. The summed E-state index contributed by atoms with van der Waals surface area (Å²) >= 11 is 0. The topological polar surface area (TPSA) is 46.5 Å². The van der Waals surface area contributed by atoms with E-state index in [1.165, 1.54) is 24.3 Å². The highest BCUT2D eigenvalue weighted by molar-refractivity contribution is 5.88. The molecular weight excluding hydrogens is 354 g/mol. The van der Waals surface area contributed by atoms with E-state index in [1.807, 2.05) is 0 Å². The van der Waals surface area contributed by atoms with Crippen molar-refractivity contribution in [3.63, 3.8) is 0 Å². The predicted octanol–water partition coefficient (Wildman–Crippen LogP) is 5.39. The van der Waals surface area contributed by atoms with Crippen molar-refractivity contribution in [1.82, 2.24) is 0 Å². The molecule has 0 aliphatic carbocycles. The van der Waals surface area contributed by atoms with Gasteiger partial charge in [0.1, 0.15) is 11.5 Å². The summed E-state index contributed by atoms with van der Waals surface area (Å²) in [7, 11) is 0. The molecule has 0 aliphatic rings. The Hall–Kier alpha value is -2.71. The van der Waals surface area contributed by atoms with E-state index in [-0.39, 0.29) is 17.1 Å². The highest BCUT2D eigenvalue weighted by Crippen LogP contribution is 2.46. The van der Waals surface area contributed by atoms with E-state index in [0.29, 0.717) is 0 Å². The molecule has 0 fully saturated rings. The van der Waals surface area contributed by atoms with E-state index in [0.717, 1.165) is 24.3 Å². The Balaban J connectivity index is 2.18. The van der Waals surface area contributed by atoms with Crippen molar-refractivity contribution in [2.75, 3.05) is 0 Å². The molecule has 9 heteroatoms. The monoisotopic (exact) mass is 364 g/mol. The van der Waals surface area contributed by atoms with Gasteiger partial charge in [-0.3, -0.25) is 0 Å². The van der Waals surface area contributed by atoms with Crippen molar-refractivity contribution in [2.45, 2.75) is 18.3 Å². The second-order valence-electron chi connectivity index (χ2n) is 4.99. The molecule has 2 aromatic rings. The quantitative estimate of drug-likeness (QED) is 0.724. The van der Waals surface area contributed by atoms with E-state index in [1.54, 1.807) is 0 Å². The number of hydrogen-bond donors (Lipinski definition) is 1. The van der Waals surface area contributed by atoms with Gasteiger partial charge >= 0.3 is 18.1 Å². The standard InChI is InChI=1S/C16H10F6O3/c17-13(15(18,19)16(20,21)22)9-4-6-11(7-5-9)25-12-3-1-2-10(8-12)14(23)24/h1-8,13H,(H,23,24). The van der Waals surface area contributed by atoms with Gasteiger partial charge in [0.25, 0.3) is 0 Å². The van der Waals surface area contributed by atoms with Crippen LogP contribution >= 0.6 is 0 Å². The van der Waals surface area contributed by atoms with Crippen LogP contribution in [0.2, 0.25) is 0 Å². The molecule has 25 heavy (non-hydrogen) atoms. The van der Waals surface area contributed by atoms with Gasteiger partial charge in [0.15, 0.2) is 6.17 Å². The van der Waals surface area contributed by atoms with Gasteiger partial charge in [0.2, 0.25) is 0 Å². The number of carboxylic acids is 1. The molecule has 134 valence electrons. The molecular formula is C16H10F6O3. The third kappa shape index (κ3) is 4.04. The number of halogens is 6. The Bertz CT molecular complexity index is 755. The number of benzene rings is 2. The average molecular weight is 364 g/mol. The van der Waals surface area contributed by atoms with Gasteiger partial charge in [0, 0.05) is 0 Å². The fourth-order valence-corrected chi connectivity index (χ4v) is 1.89. The first-order valence-electron chi connectivity index (χ1n) is 6.72. The second-order valence-corrected chi connectivity index (χ2v) is 4.99. The van der Waals surface area contributed by atoms with Crippen molar-refractivity contribution in [3.05, 3.63) is 59.7 Å². The predicted molar refractivity (Wildman–Crippen MR) is 74.8 cm³/mol. The summed E-state index contributed by atoms with van der Waals surface area (Å²) in [5.74, 6) is -6.61. The summed E-state index contributed by atoms with van der Waals surface area (Å²) < 4.78 is 81.3. The van der Waals surface area contributed by atoms with E-state index >= 15 is 0 Å². The summed E-state index contributed by atoms with van der Waals surface area (Å²) in [6, 6.07) is 8.78. The highest BCUT2D eigenvalue weighted by Gasteiger charge is 2.63. The fraction of sp³-hybridized carbons (Fsp3) is 0.188. The van der Waals surface area contributed by atoms with Gasteiger partial charge in [-0.2, -0.15) is 22.0 Å². The Kier molecular flexibility index (Phi) is 4.96. The van der Waals surface area contributed by atoms with Crippen molar-refractivity contribution in [2.24, 2.45) is 0 Å². The van der Waals surface area contributed by atoms with Crippen LogP contribution in [0.4, 0.5) is 26.3 Å². The molecule has 0 saturated heterocycles. The molecule has 0 aliphatic heterocycles. The van der Waals surface area contributed by atoms with Crippen molar-refractivity contribution in [1.29, 1.82) is 0 Å². The minimum atomic E-state index is -6.02. The van der Waals surface area contributed by atoms with Gasteiger partial charge < -0.3 is 9.84 Å². The maximum Gasteiger partial charge on any atom is 0.456 e. The first-order valence-corrected chi connectivity index (χ1v) is 6.72. The lowest BCUT2D eigenvalue weighted by molar-refractivity contribution is -0.305. The van der Waals surface area contributed by atoms with E-state index in [9.17, 15) is 31.1 Å². The largest absolute Gasteiger partial charge is 0.478 e. The molecule has 1 unspecified atom stereocenters. The van der Waals surface area contributed by atoms with Gasteiger partial charge in [-0.05, 0) is 35.9 Å². The summed E-state index contributed by atoms with van der Waals surface area (Å²) in [4.78, 5) is 10.8. The van der Waals surface area contributed by atoms with Gasteiger partial charge in [-0.15, -0.1) is 0 Å². The molecule has 0 aromatic heterocycles. The van der Waals surface area contributed by atoms with Crippen LogP contribution in [0.1, 0.15) is 22.1 Å². The zero-order chi connectivity index (χ0) is 18.8. The second kappa shape index (κ2) is 6.66. The molecule has 2 rings (SSSR count). The van der Waals surface area contributed by atoms with Crippen LogP contribution in [0.15, 0.2) is 48.5 Å². The van der Waals surface area contributed by atoms with Gasteiger partial charge in [-0.1, -0.05) is 18.2 Å². The smallest absolute Gasteiger partial charge is 0.456 e. The van der Waals surface area contributed by atoms with Crippen LogP contribution in [0, 0.1) is 0 Å². The Morgan fingerprint density at radius 3 is 2.08 bits per heavy atom. The Morgan fingerprint density at radius 2 is 1.56 bits per heavy atom. The zero-order valence-electron chi connectivity index (χ0n) is 12.2. The van der Waals surface area contributed by atoms with Gasteiger partial charge in [-0.25, -0.2) is 9.18 Å². The molecule has 0 heterocycles. The molecule has 0 saturated carbocycles. The molecule has 2 aromatic carbocycles. The van der Waals surface area contributed by atoms with Gasteiger partial charge in [0.05, 0.1) is 5.56 Å². The number of carboxylic acid groups (broad SMARTS) is 1. The number of hydrogen-bond acceptors (Lipinski definition) is 2. The first-order chi connectivity index (χ1) is 11.5. The van der Waals surface area contributed by atoms with E-state index < -0.39 is 29.8 Å². The number of aromatic carboxylic acids is 1. The summed E-state index contributed by atoms with van der Waals surface area (Å²) in [6.07, 6.45) is -9.57. The summed E-state index contributed by atoms with van der Waals surface area (Å²) in [5, 5.41) is 8.85. The number of alkyl halides is 6. The molecule has 3 nitrogen and oxygen atoms in total. The highest BCUT2D eigenvalue weighted by atomic mass is 19.4. The van der Waals surface area contributed by atoms with Crippen LogP contribution in [0.25, 0.3) is 0 Å². The molecule has 0 amide bonds. The van der Waals surface area contributed by atoms with Crippen LogP contribution in [-0.4, -0.2) is 23.2 Å². The minimum Gasteiger partial charge on any atom is -0.478 e. The maximum atomic E-state index is 13.5. The molecule has 0 bridgehead atoms. The number of ether oxygens (including phenoxy) is 1. The molecule has 1 atom stereocenters. The lowest BCUT2D eigenvalue weighted by atomic mass is 10.0.